The number of sulfone groups is 1. The molecule has 37 heavy (non-hydrogen) atoms. The zero-order valence-corrected chi connectivity index (χ0v) is 21.3. The van der Waals surface area contributed by atoms with Gasteiger partial charge in [0, 0.05) is 35.8 Å². The molecule has 3 heterocycles. The highest BCUT2D eigenvalue weighted by Crippen LogP contribution is 2.30. The quantitative estimate of drug-likeness (QED) is 0.291. The normalized spacial score (nSPS) is 14.6. The van der Waals surface area contributed by atoms with Crippen molar-refractivity contribution in [2.75, 3.05) is 10.5 Å². The third kappa shape index (κ3) is 4.68. The summed E-state index contributed by atoms with van der Waals surface area (Å²) >= 11 is 0. The molecule has 4 aromatic rings. The van der Waals surface area contributed by atoms with Crippen LogP contribution >= 0.6 is 0 Å². The number of nitrogens with one attached hydrogen (secondary N) is 4. The molecule has 0 radical (unpaired) electrons. The molecule has 0 bridgehead atoms. The van der Waals surface area contributed by atoms with Crippen molar-refractivity contribution >= 4 is 42.4 Å². The van der Waals surface area contributed by atoms with E-state index in [1.54, 1.807) is 24.3 Å². The number of nitrogens with zero attached hydrogens (tertiary/aromatic N) is 2. The van der Waals surface area contributed by atoms with Crippen molar-refractivity contribution in [1.82, 2.24) is 20.5 Å². The molecule has 13 heteroatoms. The lowest BCUT2D eigenvalue weighted by Gasteiger charge is -2.12. The Morgan fingerprint density at radius 2 is 1.95 bits per heavy atom. The fourth-order valence-corrected chi connectivity index (χ4v) is 6.83. The van der Waals surface area contributed by atoms with Gasteiger partial charge in [0.05, 0.1) is 33.2 Å². The summed E-state index contributed by atoms with van der Waals surface area (Å²) in [4.78, 5) is 15.6. The minimum Gasteiger partial charge on any atom is -0.358 e. The first-order chi connectivity index (χ1) is 17.6. The monoisotopic (exact) mass is 538 g/mol. The SMILES string of the molecule is Cc1ccc(NS(=O)(=O)c2ccc(CNC(=O)c3n[nH]c4c3CS(=O)(=O)CC4)cc2)c2[nH]cc(C#N)c12. The Kier molecular flexibility index (Phi) is 6.01. The molecule has 0 atom stereocenters. The number of fused-ring (bicyclic) bond motifs is 2. The van der Waals surface area contributed by atoms with E-state index in [9.17, 15) is 26.9 Å². The smallest absolute Gasteiger partial charge is 0.272 e. The fourth-order valence-electron chi connectivity index (χ4n) is 4.35. The van der Waals surface area contributed by atoms with Crippen LogP contribution in [0.3, 0.4) is 0 Å². The van der Waals surface area contributed by atoms with Gasteiger partial charge in [-0.15, -0.1) is 0 Å². The van der Waals surface area contributed by atoms with E-state index in [2.05, 4.69) is 31.3 Å². The molecule has 2 aromatic heterocycles. The number of H-pyrrole nitrogens is 2. The van der Waals surface area contributed by atoms with Crippen molar-refractivity contribution in [3.63, 3.8) is 0 Å². The number of rotatable bonds is 6. The number of hydrogen-bond donors (Lipinski definition) is 4. The number of hydrogen-bond acceptors (Lipinski definition) is 7. The van der Waals surface area contributed by atoms with Crippen molar-refractivity contribution in [2.24, 2.45) is 0 Å². The molecular formula is C24H22N6O5S2. The number of carbonyl (C=O) groups excluding carboxylic acids is 1. The van der Waals surface area contributed by atoms with E-state index in [1.807, 2.05) is 6.92 Å². The summed E-state index contributed by atoms with van der Waals surface area (Å²) in [5.41, 5.74) is 3.85. The highest BCUT2D eigenvalue weighted by molar-refractivity contribution is 7.92. The summed E-state index contributed by atoms with van der Waals surface area (Å²) in [5, 5.41) is 19.4. The summed E-state index contributed by atoms with van der Waals surface area (Å²) in [5.74, 6) is -0.720. The van der Waals surface area contributed by atoms with Crippen LogP contribution in [-0.2, 0) is 38.6 Å². The van der Waals surface area contributed by atoms with Crippen LogP contribution in [0.15, 0.2) is 47.5 Å². The number of aromatic amines is 2. The van der Waals surface area contributed by atoms with Crippen molar-refractivity contribution in [1.29, 1.82) is 5.26 Å². The highest BCUT2D eigenvalue weighted by Gasteiger charge is 2.29. The number of carbonyl (C=O) groups is 1. The van der Waals surface area contributed by atoms with Crippen LogP contribution in [0.2, 0.25) is 0 Å². The van der Waals surface area contributed by atoms with Gasteiger partial charge in [0.15, 0.2) is 15.5 Å². The molecule has 1 aliphatic heterocycles. The fraction of sp³-hybridized carbons (Fsp3) is 0.208. The van der Waals surface area contributed by atoms with Crippen LogP contribution in [0.5, 0.6) is 0 Å². The van der Waals surface area contributed by atoms with Gasteiger partial charge in [-0.1, -0.05) is 18.2 Å². The number of anilines is 1. The van der Waals surface area contributed by atoms with Crippen LogP contribution in [0.1, 0.15) is 38.4 Å². The number of amides is 1. The zero-order chi connectivity index (χ0) is 26.4. The van der Waals surface area contributed by atoms with Crippen LogP contribution in [0.25, 0.3) is 10.9 Å². The number of nitriles is 1. The molecule has 2 aromatic carbocycles. The van der Waals surface area contributed by atoms with Gasteiger partial charge in [-0.3, -0.25) is 14.6 Å². The van der Waals surface area contributed by atoms with Crippen LogP contribution in [-0.4, -0.2) is 43.7 Å². The van der Waals surface area contributed by atoms with Gasteiger partial charge in [0.25, 0.3) is 15.9 Å². The molecule has 0 spiro atoms. The Morgan fingerprint density at radius 1 is 1.19 bits per heavy atom. The van der Waals surface area contributed by atoms with E-state index in [0.717, 1.165) is 5.56 Å². The van der Waals surface area contributed by atoms with Gasteiger partial charge < -0.3 is 10.3 Å². The second-order valence-electron chi connectivity index (χ2n) is 8.80. The summed E-state index contributed by atoms with van der Waals surface area (Å²) in [6, 6.07) is 11.5. The summed E-state index contributed by atoms with van der Waals surface area (Å²) in [6.07, 6.45) is 1.83. The van der Waals surface area contributed by atoms with Gasteiger partial charge in [-0.05, 0) is 36.2 Å². The van der Waals surface area contributed by atoms with Crippen LogP contribution in [0, 0.1) is 18.3 Å². The van der Waals surface area contributed by atoms with Gasteiger partial charge in [0.2, 0.25) is 0 Å². The van der Waals surface area contributed by atoms with Crippen molar-refractivity contribution < 1.29 is 21.6 Å². The molecule has 0 unspecified atom stereocenters. The van der Waals surface area contributed by atoms with E-state index >= 15 is 0 Å². The average molecular weight is 539 g/mol. The summed E-state index contributed by atoms with van der Waals surface area (Å²) in [7, 11) is -7.20. The molecule has 0 saturated carbocycles. The van der Waals surface area contributed by atoms with Crippen LogP contribution in [0.4, 0.5) is 5.69 Å². The molecule has 1 amide bonds. The highest BCUT2D eigenvalue weighted by atomic mass is 32.2. The summed E-state index contributed by atoms with van der Waals surface area (Å²) < 4.78 is 52.5. The Balaban J connectivity index is 1.29. The Labute approximate surface area is 212 Å². The number of aromatic nitrogens is 3. The van der Waals surface area contributed by atoms with Gasteiger partial charge in [0.1, 0.15) is 6.07 Å². The Bertz CT molecular complexity index is 1800. The molecule has 4 N–H and O–H groups in total. The van der Waals surface area contributed by atoms with Gasteiger partial charge >= 0.3 is 0 Å². The van der Waals surface area contributed by atoms with Crippen LogP contribution < -0.4 is 10.0 Å². The Hall–Kier alpha value is -4.15. The van der Waals surface area contributed by atoms with Crippen molar-refractivity contribution in [3.8, 4) is 6.07 Å². The van der Waals surface area contributed by atoms with Gasteiger partial charge in [-0.25, -0.2) is 16.8 Å². The summed E-state index contributed by atoms with van der Waals surface area (Å²) in [6.45, 7) is 1.94. The largest absolute Gasteiger partial charge is 0.358 e. The number of aryl methyl sites for hydroxylation is 2. The maximum Gasteiger partial charge on any atom is 0.272 e. The van der Waals surface area contributed by atoms with Crippen molar-refractivity contribution in [2.45, 2.75) is 30.5 Å². The first-order valence-corrected chi connectivity index (χ1v) is 14.6. The maximum atomic E-state index is 13.0. The minimum atomic E-state index is -3.93. The maximum absolute atomic E-state index is 13.0. The first kappa shape index (κ1) is 24.5. The lowest BCUT2D eigenvalue weighted by Crippen LogP contribution is -2.26. The molecule has 5 rings (SSSR count). The second kappa shape index (κ2) is 9.06. The molecule has 0 saturated heterocycles. The number of sulfonamides is 1. The molecular weight excluding hydrogens is 516 g/mol. The molecule has 190 valence electrons. The average Bonchev–Trinajstić information content (AvgIpc) is 3.48. The van der Waals surface area contributed by atoms with E-state index in [1.165, 1.54) is 18.3 Å². The predicted octanol–water partition coefficient (Wildman–Crippen LogP) is 2.27. The number of benzene rings is 2. The lowest BCUT2D eigenvalue weighted by atomic mass is 10.1. The predicted molar refractivity (Wildman–Crippen MR) is 136 cm³/mol. The van der Waals surface area contributed by atoms with E-state index in [-0.39, 0.29) is 28.6 Å². The first-order valence-electron chi connectivity index (χ1n) is 11.3. The van der Waals surface area contributed by atoms with E-state index in [0.29, 0.717) is 45.4 Å². The third-order valence-corrected chi connectivity index (χ3v) is 9.23. The zero-order valence-electron chi connectivity index (χ0n) is 19.6. The minimum absolute atomic E-state index is 0.0219. The molecule has 11 nitrogen and oxygen atoms in total. The van der Waals surface area contributed by atoms with E-state index < -0.39 is 25.8 Å². The topological polar surface area (TPSA) is 178 Å². The lowest BCUT2D eigenvalue weighted by molar-refractivity contribution is 0.0945. The standard InChI is InChI=1S/C24H22N6O5S2/c1-14-2-7-20(23-21(14)16(10-25)12-26-23)30-37(34,35)17-5-3-15(4-6-17)11-27-24(31)22-18-13-36(32,33)9-8-19(18)28-29-22/h2-7,12,26,30H,8-9,11,13H2,1H3,(H,27,31)(H,28,29). The third-order valence-electron chi connectivity index (χ3n) is 6.29. The molecule has 0 aliphatic carbocycles. The molecule has 1 aliphatic rings. The van der Waals surface area contributed by atoms with Crippen molar-refractivity contribution in [3.05, 3.63) is 76.2 Å². The second-order valence-corrected chi connectivity index (χ2v) is 12.7. The Morgan fingerprint density at radius 3 is 2.68 bits per heavy atom. The van der Waals surface area contributed by atoms with Gasteiger partial charge in [-0.2, -0.15) is 10.4 Å². The van der Waals surface area contributed by atoms with E-state index in [4.69, 9.17) is 0 Å². The molecule has 0 fully saturated rings.